The number of halogens is 1. The molecule has 5 rings (SSSR count). The van der Waals surface area contributed by atoms with E-state index in [0.717, 1.165) is 39.2 Å². The van der Waals surface area contributed by atoms with Crippen LogP contribution in [0.1, 0.15) is 47.6 Å². The monoisotopic (exact) mass is 704 g/mol. The summed E-state index contributed by atoms with van der Waals surface area (Å²) in [5.74, 6) is -0.162. The molecule has 0 saturated carbocycles. The van der Waals surface area contributed by atoms with Crippen LogP contribution in [0.25, 0.3) is 0 Å². The van der Waals surface area contributed by atoms with Crippen LogP contribution in [0, 0.1) is 0 Å². The molecule has 8 nitrogen and oxygen atoms in total. The van der Waals surface area contributed by atoms with E-state index in [1.165, 1.54) is 24.3 Å². The van der Waals surface area contributed by atoms with E-state index in [1.54, 1.807) is 12.1 Å². The normalized spacial score (nSPS) is 11.9. The first-order chi connectivity index (χ1) is 22.9. The van der Waals surface area contributed by atoms with E-state index in [9.17, 15) is 25.9 Å². The highest BCUT2D eigenvalue weighted by atomic mass is 35.5. The number of hydrogen-bond acceptors (Lipinski definition) is 6. The van der Waals surface area contributed by atoms with Crippen molar-refractivity contribution in [2.75, 3.05) is 22.9 Å². The van der Waals surface area contributed by atoms with Gasteiger partial charge in [0.1, 0.15) is 0 Å². The molecule has 0 aromatic heterocycles. The third-order valence-corrected chi connectivity index (χ3v) is 10.3. The zero-order valence-electron chi connectivity index (χ0n) is 26.6. The van der Waals surface area contributed by atoms with E-state index in [2.05, 4.69) is 34.1 Å². The van der Waals surface area contributed by atoms with Crippen LogP contribution in [0.4, 0.5) is 11.4 Å². The molecule has 0 saturated heterocycles. The fourth-order valence-electron chi connectivity index (χ4n) is 5.84. The van der Waals surface area contributed by atoms with Gasteiger partial charge in [0.15, 0.2) is 0 Å². The molecule has 5 aromatic carbocycles. The molecule has 0 bridgehead atoms. The fraction of sp³-hybridized carbons (Fsp3) is 0.189. The summed E-state index contributed by atoms with van der Waals surface area (Å²) in [6.45, 7) is 6.34. The van der Waals surface area contributed by atoms with Crippen molar-refractivity contribution in [2.24, 2.45) is 0 Å². The third kappa shape index (κ3) is 8.44. The van der Waals surface area contributed by atoms with Gasteiger partial charge in [-0.05, 0) is 96.3 Å². The van der Waals surface area contributed by atoms with Gasteiger partial charge in [0.2, 0.25) is 0 Å². The lowest BCUT2D eigenvalue weighted by Crippen LogP contribution is -2.22. The largest absolute Gasteiger partial charge is 0.367 e. The van der Waals surface area contributed by atoms with Gasteiger partial charge in [0.25, 0.3) is 20.2 Å². The molecular weight excluding hydrogens is 668 g/mol. The number of nitrogens with zero attached hydrogens (tertiary/aromatic N) is 2. The van der Waals surface area contributed by atoms with Gasteiger partial charge in [-0.15, -0.1) is 0 Å². The lowest BCUT2D eigenvalue weighted by Gasteiger charge is -2.26. The van der Waals surface area contributed by atoms with Crippen LogP contribution >= 0.6 is 11.6 Å². The van der Waals surface area contributed by atoms with E-state index in [4.69, 9.17) is 11.6 Å². The summed E-state index contributed by atoms with van der Waals surface area (Å²) in [5.41, 5.74) is 6.49. The van der Waals surface area contributed by atoms with Crippen LogP contribution in [0.5, 0.6) is 0 Å². The number of rotatable bonds is 13. The van der Waals surface area contributed by atoms with Crippen LogP contribution in [-0.2, 0) is 33.3 Å². The Bertz CT molecular complexity index is 1960. The lowest BCUT2D eigenvalue weighted by molar-refractivity contribution is 0.481. The molecule has 0 atom stereocenters. The summed E-state index contributed by atoms with van der Waals surface area (Å²) < 4.78 is 65.6. The minimum Gasteiger partial charge on any atom is -0.367 e. The molecule has 0 aliphatic heterocycles. The first-order valence-corrected chi connectivity index (χ1v) is 18.7. The maximum absolute atomic E-state index is 11.7. The zero-order valence-corrected chi connectivity index (χ0v) is 29.0. The van der Waals surface area contributed by atoms with Gasteiger partial charge in [-0.1, -0.05) is 78.3 Å². The highest BCUT2D eigenvalue weighted by Crippen LogP contribution is 2.37. The highest BCUT2D eigenvalue weighted by Gasteiger charge is 2.21. The minimum atomic E-state index is -4.29. The van der Waals surface area contributed by atoms with Gasteiger partial charge in [-0.2, -0.15) is 16.8 Å². The van der Waals surface area contributed by atoms with Gasteiger partial charge >= 0.3 is 0 Å². The van der Waals surface area contributed by atoms with E-state index in [1.807, 2.05) is 74.5 Å². The maximum Gasteiger partial charge on any atom is 0.294 e. The van der Waals surface area contributed by atoms with Crippen molar-refractivity contribution >= 4 is 43.2 Å². The van der Waals surface area contributed by atoms with Gasteiger partial charge in [-0.25, -0.2) is 0 Å². The lowest BCUT2D eigenvalue weighted by atomic mass is 9.85. The molecule has 48 heavy (non-hydrogen) atoms. The molecule has 0 heterocycles. The molecule has 0 aliphatic carbocycles. The predicted molar refractivity (Wildman–Crippen MR) is 191 cm³/mol. The molecule has 250 valence electrons. The summed E-state index contributed by atoms with van der Waals surface area (Å²) in [6.07, 6.45) is 0. The van der Waals surface area contributed by atoms with Crippen LogP contribution in [0.15, 0.2) is 131 Å². The predicted octanol–water partition coefficient (Wildman–Crippen LogP) is 8.07. The second-order valence-electron chi connectivity index (χ2n) is 11.4. The summed E-state index contributed by atoms with van der Waals surface area (Å²) in [4.78, 5) is 3.98. The summed E-state index contributed by atoms with van der Waals surface area (Å²) in [5, 5.41) is 0.651. The van der Waals surface area contributed by atoms with E-state index < -0.39 is 20.2 Å². The molecule has 0 unspecified atom stereocenters. The Balaban J connectivity index is 1.42. The Morgan fingerprint density at radius 2 is 1.00 bits per heavy atom. The second-order valence-corrected chi connectivity index (χ2v) is 14.7. The summed E-state index contributed by atoms with van der Waals surface area (Å²) >= 11 is 6.76. The average molecular weight is 705 g/mol. The van der Waals surface area contributed by atoms with Crippen molar-refractivity contribution in [1.29, 1.82) is 0 Å². The first kappa shape index (κ1) is 35.1. The third-order valence-electron chi connectivity index (χ3n) is 8.30. The highest BCUT2D eigenvalue weighted by molar-refractivity contribution is 7.86. The molecule has 2 N–H and O–H groups in total. The van der Waals surface area contributed by atoms with Crippen molar-refractivity contribution in [3.63, 3.8) is 0 Å². The Morgan fingerprint density at radius 1 is 0.583 bits per heavy atom. The van der Waals surface area contributed by atoms with Crippen molar-refractivity contribution in [2.45, 2.75) is 42.6 Å². The van der Waals surface area contributed by atoms with Crippen LogP contribution in [0.2, 0.25) is 5.02 Å². The Hall–Kier alpha value is -4.19. The Labute approximate surface area is 287 Å². The van der Waals surface area contributed by atoms with Crippen LogP contribution < -0.4 is 9.80 Å². The molecule has 0 fully saturated rings. The number of anilines is 2. The fourth-order valence-corrected chi connectivity index (χ4v) is 7.18. The molecule has 0 aliphatic rings. The maximum atomic E-state index is 11.7. The minimum absolute atomic E-state index is 0.131. The average Bonchev–Trinajstić information content (AvgIpc) is 3.07. The Kier molecular flexibility index (Phi) is 10.9. The van der Waals surface area contributed by atoms with Gasteiger partial charge in [0.05, 0.1) is 9.79 Å². The smallest absolute Gasteiger partial charge is 0.294 e. The molecule has 0 amide bonds. The molecule has 11 heteroatoms. The van der Waals surface area contributed by atoms with Crippen molar-refractivity contribution < 1.29 is 25.9 Å². The first-order valence-electron chi connectivity index (χ1n) is 15.4. The zero-order chi connectivity index (χ0) is 34.5. The van der Waals surface area contributed by atoms with E-state index in [0.29, 0.717) is 31.2 Å². The summed E-state index contributed by atoms with van der Waals surface area (Å²) in [7, 11) is -8.59. The summed E-state index contributed by atoms with van der Waals surface area (Å²) in [6, 6.07) is 36.9. The molecule has 5 aromatic rings. The number of hydrogen-bond donors (Lipinski definition) is 2. The topological polar surface area (TPSA) is 115 Å². The molecular formula is C37H37ClN2O6S2. The van der Waals surface area contributed by atoms with Gasteiger partial charge < -0.3 is 9.80 Å². The standard InChI is InChI=1S/C37H37ClN2O6S2/c1-3-39(25-27-9-7-11-33(23-27)47(41,42)43)31-19-15-29(16-20-31)37(35-13-5-6-14-36(35)38)30-17-21-32(22-18-30)40(4-2)26-28-10-8-12-34(24-28)48(44,45)46/h5-24,37H,3-4,25-26H2,1-2H3,(H,41,42,43)(H,44,45,46). The van der Waals surface area contributed by atoms with Gasteiger partial charge in [-0.3, -0.25) is 9.11 Å². The number of benzene rings is 5. The molecule has 0 radical (unpaired) electrons. The van der Waals surface area contributed by atoms with Crippen molar-refractivity contribution in [1.82, 2.24) is 0 Å². The Morgan fingerprint density at radius 3 is 1.38 bits per heavy atom. The van der Waals surface area contributed by atoms with Crippen LogP contribution in [0.3, 0.4) is 0 Å². The van der Waals surface area contributed by atoms with E-state index >= 15 is 0 Å². The molecule has 0 spiro atoms. The quantitative estimate of drug-likeness (QED) is 0.0934. The van der Waals surface area contributed by atoms with Crippen molar-refractivity contribution in [3.8, 4) is 0 Å². The second kappa shape index (κ2) is 14.9. The van der Waals surface area contributed by atoms with Crippen molar-refractivity contribution in [3.05, 3.63) is 154 Å². The van der Waals surface area contributed by atoms with E-state index in [-0.39, 0.29) is 15.7 Å². The van der Waals surface area contributed by atoms with Gasteiger partial charge in [0, 0.05) is 48.5 Å². The SMILES string of the molecule is CCN(Cc1cccc(S(=O)(=O)O)c1)c1ccc(C(c2ccc(N(CC)Cc3cccc(S(=O)(=O)O)c3)cc2)c2ccccc2Cl)cc1. The van der Waals surface area contributed by atoms with Crippen LogP contribution in [-0.4, -0.2) is 39.0 Å².